The fraction of sp³-hybridized carbons (Fsp3) is 0.278. The lowest BCUT2D eigenvalue weighted by Crippen LogP contribution is -2.24. The van der Waals surface area contributed by atoms with E-state index in [0.717, 1.165) is 34.4 Å². The van der Waals surface area contributed by atoms with Gasteiger partial charge in [-0.1, -0.05) is 23.8 Å². The van der Waals surface area contributed by atoms with Crippen molar-refractivity contribution < 1.29 is 14.6 Å². The average molecular weight is 282 g/mol. The predicted molar refractivity (Wildman–Crippen MR) is 82.0 cm³/mol. The number of carbonyl (C=O) groups is 1. The summed E-state index contributed by atoms with van der Waals surface area (Å²) in [4.78, 5) is 11.5. The molecule has 0 saturated carbocycles. The van der Waals surface area contributed by atoms with E-state index in [2.05, 4.69) is 13.8 Å². The second-order valence-electron chi connectivity index (χ2n) is 6.22. The fourth-order valence-electron chi connectivity index (χ4n) is 2.86. The Morgan fingerprint density at radius 1 is 1.19 bits per heavy atom. The van der Waals surface area contributed by atoms with Gasteiger partial charge in [0.15, 0.2) is 0 Å². The van der Waals surface area contributed by atoms with E-state index in [1.807, 2.05) is 37.3 Å². The molecule has 0 aliphatic carbocycles. The van der Waals surface area contributed by atoms with E-state index >= 15 is 0 Å². The molecule has 1 aliphatic heterocycles. The minimum absolute atomic E-state index is 0.191. The Labute approximate surface area is 124 Å². The summed E-state index contributed by atoms with van der Waals surface area (Å²) in [6.07, 6.45) is 0.838. The molecule has 3 heteroatoms. The number of ether oxygens (including phenoxy) is 1. The zero-order chi connectivity index (χ0) is 15.2. The van der Waals surface area contributed by atoms with Crippen LogP contribution in [0.25, 0.3) is 11.1 Å². The monoisotopic (exact) mass is 282 g/mol. The standard InChI is InChI=1S/C18H18O3/c1-11-4-6-14(15(8-11)17(19)20)12-5-7-16-13(9-12)10-18(2,3)21-16/h4-9H,10H2,1-3H3,(H,19,20). The predicted octanol–water partition coefficient (Wildman–Crippen LogP) is 4.07. The highest BCUT2D eigenvalue weighted by Crippen LogP contribution is 2.38. The van der Waals surface area contributed by atoms with E-state index in [-0.39, 0.29) is 5.60 Å². The third kappa shape index (κ3) is 2.51. The van der Waals surface area contributed by atoms with Gasteiger partial charge in [0.2, 0.25) is 0 Å². The summed E-state index contributed by atoms with van der Waals surface area (Å²) in [5, 5.41) is 9.40. The van der Waals surface area contributed by atoms with Gasteiger partial charge in [-0.15, -0.1) is 0 Å². The Hall–Kier alpha value is -2.29. The van der Waals surface area contributed by atoms with Crippen LogP contribution >= 0.6 is 0 Å². The molecule has 3 nitrogen and oxygen atoms in total. The highest BCUT2D eigenvalue weighted by molar-refractivity contribution is 5.96. The first-order valence-electron chi connectivity index (χ1n) is 7.02. The number of aryl methyl sites for hydroxylation is 1. The summed E-state index contributed by atoms with van der Waals surface area (Å²) in [6.45, 7) is 6.01. The Morgan fingerprint density at radius 3 is 2.67 bits per heavy atom. The van der Waals surface area contributed by atoms with Crippen LogP contribution in [0.5, 0.6) is 5.75 Å². The molecule has 21 heavy (non-hydrogen) atoms. The van der Waals surface area contributed by atoms with Crippen molar-refractivity contribution in [1.82, 2.24) is 0 Å². The molecule has 3 rings (SSSR count). The lowest BCUT2D eigenvalue weighted by atomic mass is 9.94. The Balaban J connectivity index is 2.09. The van der Waals surface area contributed by atoms with Crippen molar-refractivity contribution >= 4 is 5.97 Å². The normalized spacial score (nSPS) is 15.4. The molecule has 1 N–H and O–H groups in total. The first-order chi connectivity index (χ1) is 9.85. The summed E-state index contributed by atoms with van der Waals surface area (Å²) >= 11 is 0. The molecule has 0 unspecified atom stereocenters. The SMILES string of the molecule is Cc1ccc(-c2ccc3c(c2)CC(C)(C)O3)c(C(=O)O)c1. The molecule has 0 radical (unpaired) electrons. The van der Waals surface area contributed by atoms with Gasteiger partial charge >= 0.3 is 5.97 Å². The molecule has 0 spiro atoms. The van der Waals surface area contributed by atoms with E-state index in [9.17, 15) is 9.90 Å². The fourth-order valence-corrected chi connectivity index (χ4v) is 2.86. The maximum Gasteiger partial charge on any atom is 0.336 e. The van der Waals surface area contributed by atoms with Crippen LogP contribution in [0.2, 0.25) is 0 Å². The number of fused-ring (bicyclic) bond motifs is 1. The van der Waals surface area contributed by atoms with E-state index in [1.165, 1.54) is 0 Å². The van der Waals surface area contributed by atoms with Crippen LogP contribution in [-0.2, 0) is 6.42 Å². The quantitative estimate of drug-likeness (QED) is 0.903. The second-order valence-corrected chi connectivity index (χ2v) is 6.22. The zero-order valence-corrected chi connectivity index (χ0v) is 12.4. The molecule has 2 aromatic rings. The van der Waals surface area contributed by atoms with Crippen LogP contribution in [0.15, 0.2) is 36.4 Å². The van der Waals surface area contributed by atoms with Crippen LogP contribution in [0.3, 0.4) is 0 Å². The van der Waals surface area contributed by atoms with Crippen LogP contribution in [0.4, 0.5) is 0 Å². The van der Waals surface area contributed by atoms with Crippen LogP contribution in [-0.4, -0.2) is 16.7 Å². The van der Waals surface area contributed by atoms with Gasteiger partial charge in [-0.25, -0.2) is 4.79 Å². The van der Waals surface area contributed by atoms with Crippen LogP contribution < -0.4 is 4.74 Å². The number of hydrogen-bond donors (Lipinski definition) is 1. The molecule has 0 fully saturated rings. The largest absolute Gasteiger partial charge is 0.487 e. The van der Waals surface area contributed by atoms with E-state index in [1.54, 1.807) is 6.07 Å². The molecular weight excluding hydrogens is 264 g/mol. The second kappa shape index (κ2) is 4.62. The van der Waals surface area contributed by atoms with Crippen LogP contribution in [0.1, 0.15) is 35.3 Å². The molecule has 0 bridgehead atoms. The summed E-state index contributed by atoms with van der Waals surface area (Å²) in [5.74, 6) is -0.00137. The molecule has 1 heterocycles. The minimum Gasteiger partial charge on any atom is -0.487 e. The third-order valence-corrected chi connectivity index (χ3v) is 3.78. The Morgan fingerprint density at radius 2 is 1.95 bits per heavy atom. The summed E-state index contributed by atoms with van der Waals surface area (Å²) < 4.78 is 5.87. The number of carboxylic acids is 1. The van der Waals surface area contributed by atoms with E-state index < -0.39 is 5.97 Å². The molecule has 108 valence electrons. The van der Waals surface area contributed by atoms with E-state index in [0.29, 0.717) is 5.56 Å². The highest BCUT2D eigenvalue weighted by Gasteiger charge is 2.30. The van der Waals surface area contributed by atoms with Crippen molar-refractivity contribution in [3.63, 3.8) is 0 Å². The van der Waals surface area contributed by atoms with Crippen LogP contribution in [0, 0.1) is 6.92 Å². The Kier molecular flexibility index (Phi) is 3.01. The van der Waals surface area contributed by atoms with Crippen molar-refractivity contribution in [3.05, 3.63) is 53.1 Å². The molecule has 1 aliphatic rings. The zero-order valence-electron chi connectivity index (χ0n) is 12.4. The lowest BCUT2D eigenvalue weighted by molar-refractivity contribution is 0.0697. The van der Waals surface area contributed by atoms with Gasteiger partial charge in [0.05, 0.1) is 5.56 Å². The maximum absolute atomic E-state index is 11.5. The van der Waals surface area contributed by atoms with Gasteiger partial charge in [0.1, 0.15) is 11.4 Å². The highest BCUT2D eigenvalue weighted by atomic mass is 16.5. The lowest BCUT2D eigenvalue weighted by Gasteiger charge is -2.16. The van der Waals surface area contributed by atoms with E-state index in [4.69, 9.17) is 4.74 Å². The van der Waals surface area contributed by atoms with Gasteiger partial charge in [-0.3, -0.25) is 0 Å². The van der Waals surface area contributed by atoms with Crippen molar-refractivity contribution in [2.24, 2.45) is 0 Å². The average Bonchev–Trinajstić information content (AvgIpc) is 2.71. The Bertz CT molecular complexity index is 729. The topological polar surface area (TPSA) is 46.5 Å². The number of carboxylic acid groups (broad SMARTS) is 1. The van der Waals surface area contributed by atoms with Crippen molar-refractivity contribution in [2.75, 3.05) is 0 Å². The summed E-state index contributed by atoms with van der Waals surface area (Å²) in [6, 6.07) is 11.4. The van der Waals surface area contributed by atoms with Gasteiger partial charge in [0, 0.05) is 6.42 Å². The molecule has 0 amide bonds. The third-order valence-electron chi connectivity index (χ3n) is 3.78. The number of rotatable bonds is 2. The first kappa shape index (κ1) is 13.7. The molecule has 0 saturated heterocycles. The molecule has 0 atom stereocenters. The molecule has 0 aromatic heterocycles. The summed E-state index contributed by atoms with van der Waals surface area (Å²) in [5.41, 5.74) is 3.90. The van der Waals surface area contributed by atoms with Gasteiger partial charge < -0.3 is 9.84 Å². The number of benzene rings is 2. The van der Waals surface area contributed by atoms with Crippen molar-refractivity contribution in [3.8, 4) is 16.9 Å². The molecule has 2 aromatic carbocycles. The summed E-state index contributed by atoms with van der Waals surface area (Å²) in [7, 11) is 0. The number of hydrogen-bond acceptors (Lipinski definition) is 2. The maximum atomic E-state index is 11.5. The number of aromatic carboxylic acids is 1. The first-order valence-corrected chi connectivity index (χ1v) is 7.02. The van der Waals surface area contributed by atoms with Crippen molar-refractivity contribution in [1.29, 1.82) is 0 Å². The van der Waals surface area contributed by atoms with Crippen molar-refractivity contribution in [2.45, 2.75) is 32.8 Å². The van der Waals surface area contributed by atoms with Gasteiger partial charge in [-0.05, 0) is 55.7 Å². The minimum atomic E-state index is -0.897. The smallest absolute Gasteiger partial charge is 0.336 e. The van der Waals surface area contributed by atoms with Gasteiger partial charge in [-0.2, -0.15) is 0 Å². The molecular formula is C18H18O3. The van der Waals surface area contributed by atoms with Gasteiger partial charge in [0.25, 0.3) is 0 Å².